The summed E-state index contributed by atoms with van der Waals surface area (Å²) >= 11 is 1.86. The van der Waals surface area contributed by atoms with Crippen LogP contribution >= 0.6 is 11.8 Å². The van der Waals surface area contributed by atoms with Crippen LogP contribution < -0.4 is 0 Å². The SMILES string of the molecule is OCc1noc(C2CCCCS2)n1. The molecule has 1 aliphatic rings. The van der Waals surface area contributed by atoms with E-state index in [1.165, 1.54) is 18.6 Å². The van der Waals surface area contributed by atoms with Gasteiger partial charge in [0.05, 0.1) is 5.25 Å². The van der Waals surface area contributed by atoms with Gasteiger partial charge in [-0.15, -0.1) is 11.8 Å². The van der Waals surface area contributed by atoms with Crippen molar-refractivity contribution in [2.45, 2.75) is 31.1 Å². The van der Waals surface area contributed by atoms with Crippen molar-refractivity contribution in [2.75, 3.05) is 5.75 Å². The zero-order chi connectivity index (χ0) is 9.10. The lowest BCUT2D eigenvalue weighted by Gasteiger charge is -2.16. The lowest BCUT2D eigenvalue weighted by atomic mass is 10.2. The average Bonchev–Trinajstić information content (AvgIpc) is 2.67. The first-order chi connectivity index (χ1) is 6.40. The molecule has 1 aromatic rings. The Balaban J connectivity index is 2.05. The smallest absolute Gasteiger partial charge is 0.239 e. The Morgan fingerprint density at radius 2 is 2.46 bits per heavy atom. The van der Waals surface area contributed by atoms with Gasteiger partial charge >= 0.3 is 0 Å². The lowest BCUT2D eigenvalue weighted by molar-refractivity contribution is 0.262. The van der Waals surface area contributed by atoms with Gasteiger partial charge in [0.25, 0.3) is 0 Å². The molecular weight excluding hydrogens is 188 g/mol. The van der Waals surface area contributed by atoms with Crippen molar-refractivity contribution < 1.29 is 9.63 Å². The van der Waals surface area contributed by atoms with Crippen molar-refractivity contribution in [1.82, 2.24) is 10.1 Å². The number of nitrogens with zero attached hydrogens (tertiary/aromatic N) is 2. The van der Waals surface area contributed by atoms with E-state index in [0.717, 1.165) is 6.42 Å². The molecule has 1 N–H and O–H groups in total. The fourth-order valence-electron chi connectivity index (χ4n) is 1.40. The maximum Gasteiger partial charge on any atom is 0.239 e. The number of rotatable bonds is 2. The summed E-state index contributed by atoms with van der Waals surface area (Å²) in [4.78, 5) is 4.10. The number of thioether (sulfide) groups is 1. The predicted octanol–water partition coefficient (Wildman–Crippen LogP) is 1.52. The van der Waals surface area contributed by atoms with E-state index in [4.69, 9.17) is 9.63 Å². The Labute approximate surface area is 80.7 Å². The van der Waals surface area contributed by atoms with E-state index >= 15 is 0 Å². The minimum Gasteiger partial charge on any atom is -0.388 e. The van der Waals surface area contributed by atoms with Gasteiger partial charge in [0.1, 0.15) is 6.61 Å². The molecule has 0 bridgehead atoms. The van der Waals surface area contributed by atoms with Crippen molar-refractivity contribution >= 4 is 11.8 Å². The fourth-order valence-corrected chi connectivity index (χ4v) is 2.62. The van der Waals surface area contributed by atoms with E-state index in [2.05, 4.69) is 10.1 Å². The van der Waals surface area contributed by atoms with Crippen LogP contribution in [0.1, 0.15) is 36.2 Å². The molecule has 0 aliphatic carbocycles. The summed E-state index contributed by atoms with van der Waals surface area (Å²) in [7, 11) is 0. The molecule has 1 unspecified atom stereocenters. The Morgan fingerprint density at radius 3 is 3.08 bits per heavy atom. The second-order valence-electron chi connectivity index (χ2n) is 3.06. The molecule has 1 fully saturated rings. The van der Waals surface area contributed by atoms with Crippen LogP contribution in [0, 0.1) is 0 Å². The Bertz CT molecular complexity index is 271. The molecule has 4 nitrogen and oxygen atoms in total. The standard InChI is InChI=1S/C8H12N2O2S/c11-5-7-9-8(12-10-7)6-3-1-2-4-13-6/h6,11H,1-5H2. The number of aliphatic hydroxyl groups excluding tert-OH is 1. The maximum absolute atomic E-state index is 8.76. The summed E-state index contributed by atoms with van der Waals surface area (Å²) in [5, 5.41) is 12.8. The van der Waals surface area contributed by atoms with Crippen LogP contribution in [0.15, 0.2) is 4.52 Å². The van der Waals surface area contributed by atoms with Crippen LogP contribution in [0.4, 0.5) is 0 Å². The summed E-state index contributed by atoms with van der Waals surface area (Å²) < 4.78 is 5.05. The molecule has 13 heavy (non-hydrogen) atoms. The molecule has 0 saturated carbocycles. The van der Waals surface area contributed by atoms with Gasteiger partial charge in [0.2, 0.25) is 5.89 Å². The van der Waals surface area contributed by atoms with E-state index in [1.807, 2.05) is 11.8 Å². The third-order valence-electron chi connectivity index (χ3n) is 2.08. The summed E-state index contributed by atoms with van der Waals surface area (Å²) in [6.45, 7) is -0.138. The second-order valence-corrected chi connectivity index (χ2v) is 4.37. The highest BCUT2D eigenvalue weighted by Gasteiger charge is 2.21. The number of hydrogen-bond donors (Lipinski definition) is 1. The van der Waals surface area contributed by atoms with Gasteiger partial charge < -0.3 is 9.63 Å². The minimum absolute atomic E-state index is 0.138. The molecule has 1 saturated heterocycles. The molecule has 0 spiro atoms. The topological polar surface area (TPSA) is 59.2 Å². The monoisotopic (exact) mass is 200 g/mol. The highest BCUT2D eigenvalue weighted by Crippen LogP contribution is 2.37. The van der Waals surface area contributed by atoms with Crippen LogP contribution in [0.2, 0.25) is 0 Å². The van der Waals surface area contributed by atoms with Gasteiger partial charge in [-0.25, -0.2) is 0 Å². The average molecular weight is 200 g/mol. The molecule has 0 radical (unpaired) electrons. The van der Waals surface area contributed by atoms with Crippen LogP contribution in [0.3, 0.4) is 0 Å². The predicted molar refractivity (Wildman–Crippen MR) is 49.3 cm³/mol. The molecular formula is C8H12N2O2S. The first kappa shape index (κ1) is 9.02. The molecule has 1 atom stereocenters. The van der Waals surface area contributed by atoms with E-state index in [0.29, 0.717) is 17.0 Å². The minimum atomic E-state index is -0.138. The molecule has 1 aromatic heterocycles. The van der Waals surface area contributed by atoms with Gasteiger partial charge in [-0.3, -0.25) is 0 Å². The molecule has 2 rings (SSSR count). The number of hydrogen-bond acceptors (Lipinski definition) is 5. The van der Waals surface area contributed by atoms with Crippen molar-refractivity contribution in [3.63, 3.8) is 0 Å². The summed E-state index contributed by atoms with van der Waals surface area (Å²) in [5.74, 6) is 2.23. The van der Waals surface area contributed by atoms with Gasteiger partial charge in [0, 0.05) is 0 Å². The van der Waals surface area contributed by atoms with Crippen molar-refractivity contribution in [2.24, 2.45) is 0 Å². The number of aromatic nitrogens is 2. The maximum atomic E-state index is 8.76. The molecule has 72 valence electrons. The Morgan fingerprint density at radius 1 is 1.54 bits per heavy atom. The highest BCUT2D eigenvalue weighted by molar-refractivity contribution is 7.99. The zero-order valence-electron chi connectivity index (χ0n) is 7.27. The van der Waals surface area contributed by atoms with Crippen molar-refractivity contribution in [3.05, 3.63) is 11.7 Å². The molecule has 0 aromatic carbocycles. The van der Waals surface area contributed by atoms with Crippen LogP contribution in [0.25, 0.3) is 0 Å². The van der Waals surface area contributed by atoms with Gasteiger partial charge in [-0.05, 0) is 18.6 Å². The molecule has 5 heteroatoms. The first-order valence-electron chi connectivity index (χ1n) is 4.45. The number of aliphatic hydroxyl groups is 1. The summed E-state index contributed by atoms with van der Waals surface area (Å²) in [6, 6.07) is 0. The normalized spacial score (nSPS) is 23.3. The Kier molecular flexibility index (Phi) is 2.85. The zero-order valence-corrected chi connectivity index (χ0v) is 8.09. The van der Waals surface area contributed by atoms with E-state index in [9.17, 15) is 0 Å². The van der Waals surface area contributed by atoms with E-state index in [-0.39, 0.29) is 6.61 Å². The van der Waals surface area contributed by atoms with Crippen LogP contribution in [-0.4, -0.2) is 21.0 Å². The second kappa shape index (κ2) is 4.11. The summed E-state index contributed by atoms with van der Waals surface area (Å²) in [6.07, 6.45) is 3.62. The Hall–Kier alpha value is -0.550. The van der Waals surface area contributed by atoms with E-state index in [1.54, 1.807) is 0 Å². The third kappa shape index (κ3) is 2.03. The van der Waals surface area contributed by atoms with Crippen molar-refractivity contribution in [1.29, 1.82) is 0 Å². The first-order valence-corrected chi connectivity index (χ1v) is 5.50. The fraction of sp³-hybridized carbons (Fsp3) is 0.750. The molecule has 1 aliphatic heterocycles. The summed E-state index contributed by atoms with van der Waals surface area (Å²) in [5.41, 5.74) is 0. The molecule has 0 amide bonds. The quantitative estimate of drug-likeness (QED) is 0.784. The van der Waals surface area contributed by atoms with Gasteiger partial charge in [-0.1, -0.05) is 11.6 Å². The van der Waals surface area contributed by atoms with Gasteiger partial charge in [0.15, 0.2) is 5.82 Å². The molecule has 2 heterocycles. The van der Waals surface area contributed by atoms with Crippen LogP contribution in [-0.2, 0) is 6.61 Å². The van der Waals surface area contributed by atoms with Crippen molar-refractivity contribution in [3.8, 4) is 0 Å². The third-order valence-corrected chi connectivity index (χ3v) is 3.44. The largest absolute Gasteiger partial charge is 0.388 e. The van der Waals surface area contributed by atoms with E-state index < -0.39 is 0 Å². The van der Waals surface area contributed by atoms with Crippen LogP contribution in [0.5, 0.6) is 0 Å². The van der Waals surface area contributed by atoms with Gasteiger partial charge in [-0.2, -0.15) is 4.98 Å². The highest BCUT2D eigenvalue weighted by atomic mass is 32.2. The lowest BCUT2D eigenvalue weighted by Crippen LogP contribution is -2.02.